The summed E-state index contributed by atoms with van der Waals surface area (Å²) >= 11 is 0. The van der Waals surface area contributed by atoms with E-state index in [1.165, 1.54) is 11.1 Å². The average molecular weight is 219 g/mol. The van der Waals surface area contributed by atoms with Gasteiger partial charge in [0, 0.05) is 11.7 Å². The predicted molar refractivity (Wildman–Crippen MR) is 63.7 cm³/mol. The molecule has 2 rings (SSSR count). The summed E-state index contributed by atoms with van der Waals surface area (Å²) in [6.45, 7) is 4.14. The first-order chi connectivity index (χ1) is 7.58. The Bertz CT molecular complexity index is 388. The van der Waals surface area contributed by atoms with Gasteiger partial charge in [-0.3, -0.25) is 4.79 Å². The molecule has 0 bridgehead atoms. The third kappa shape index (κ3) is 2.03. The maximum absolute atomic E-state index is 10.7. The summed E-state index contributed by atoms with van der Waals surface area (Å²) in [6, 6.07) is 6.50. The number of aryl methyl sites for hydroxylation is 2. The van der Waals surface area contributed by atoms with Crippen LogP contribution in [0.1, 0.15) is 24.0 Å². The summed E-state index contributed by atoms with van der Waals surface area (Å²) in [5, 5.41) is 12.2. The largest absolute Gasteiger partial charge is 0.481 e. The Morgan fingerprint density at radius 2 is 1.88 bits per heavy atom. The van der Waals surface area contributed by atoms with Crippen molar-refractivity contribution in [1.29, 1.82) is 0 Å². The molecule has 0 spiro atoms. The fourth-order valence-electron chi connectivity index (χ4n) is 2.18. The van der Waals surface area contributed by atoms with E-state index in [1.54, 1.807) is 0 Å². The zero-order valence-electron chi connectivity index (χ0n) is 9.66. The van der Waals surface area contributed by atoms with Crippen molar-refractivity contribution in [3.05, 3.63) is 29.3 Å². The second-order valence-corrected chi connectivity index (χ2v) is 4.61. The van der Waals surface area contributed by atoms with E-state index in [9.17, 15) is 4.79 Å². The summed E-state index contributed by atoms with van der Waals surface area (Å²) in [4.78, 5) is 10.7. The number of benzene rings is 1. The lowest BCUT2D eigenvalue weighted by atomic mass is 9.80. The number of nitrogens with one attached hydrogen (secondary N) is 1. The van der Waals surface area contributed by atoms with Gasteiger partial charge < -0.3 is 10.4 Å². The normalized spacial score (nSPS) is 23.6. The van der Waals surface area contributed by atoms with Crippen molar-refractivity contribution >= 4 is 11.7 Å². The quantitative estimate of drug-likeness (QED) is 0.821. The molecule has 1 aliphatic rings. The summed E-state index contributed by atoms with van der Waals surface area (Å²) in [5.74, 6) is -0.818. The number of anilines is 1. The molecule has 0 saturated heterocycles. The Balaban J connectivity index is 1.99. The number of carboxylic acids is 1. The molecule has 1 saturated carbocycles. The van der Waals surface area contributed by atoms with Crippen molar-refractivity contribution in [2.24, 2.45) is 5.92 Å². The minimum Gasteiger partial charge on any atom is -0.481 e. The van der Waals surface area contributed by atoms with Gasteiger partial charge in [-0.05, 0) is 37.8 Å². The van der Waals surface area contributed by atoms with Crippen LogP contribution >= 0.6 is 0 Å². The first-order valence-electron chi connectivity index (χ1n) is 5.63. The van der Waals surface area contributed by atoms with Crippen molar-refractivity contribution in [2.75, 3.05) is 5.32 Å². The Morgan fingerprint density at radius 1 is 1.31 bits per heavy atom. The Hall–Kier alpha value is -1.51. The lowest BCUT2D eigenvalue weighted by Gasteiger charge is -2.34. The Labute approximate surface area is 95.5 Å². The van der Waals surface area contributed by atoms with Crippen LogP contribution in [-0.2, 0) is 4.79 Å². The van der Waals surface area contributed by atoms with Crippen LogP contribution < -0.4 is 5.32 Å². The number of rotatable bonds is 3. The number of carboxylic acid groups (broad SMARTS) is 1. The molecular weight excluding hydrogens is 202 g/mol. The zero-order chi connectivity index (χ0) is 11.7. The summed E-state index contributed by atoms with van der Waals surface area (Å²) in [7, 11) is 0. The minimum atomic E-state index is -0.667. The number of para-hydroxylation sites is 1. The van der Waals surface area contributed by atoms with Gasteiger partial charge in [-0.1, -0.05) is 18.2 Å². The number of hydrogen-bond acceptors (Lipinski definition) is 2. The summed E-state index contributed by atoms with van der Waals surface area (Å²) in [6.07, 6.45) is 1.48. The molecule has 3 heteroatoms. The molecule has 1 aromatic rings. The number of hydrogen-bond donors (Lipinski definition) is 2. The highest BCUT2D eigenvalue weighted by molar-refractivity contribution is 5.72. The van der Waals surface area contributed by atoms with E-state index in [2.05, 4.69) is 31.3 Å². The average Bonchev–Trinajstić information content (AvgIpc) is 2.13. The molecule has 0 aromatic heterocycles. The molecule has 3 nitrogen and oxygen atoms in total. The molecule has 0 unspecified atom stereocenters. The van der Waals surface area contributed by atoms with Crippen LogP contribution in [0, 0.1) is 19.8 Å². The molecule has 0 radical (unpaired) electrons. The van der Waals surface area contributed by atoms with Gasteiger partial charge in [-0.25, -0.2) is 0 Å². The van der Waals surface area contributed by atoms with E-state index in [0.717, 1.165) is 18.5 Å². The van der Waals surface area contributed by atoms with Crippen molar-refractivity contribution in [3.63, 3.8) is 0 Å². The van der Waals surface area contributed by atoms with Crippen LogP contribution in [0.15, 0.2) is 18.2 Å². The van der Waals surface area contributed by atoms with Gasteiger partial charge in [0.1, 0.15) is 0 Å². The van der Waals surface area contributed by atoms with Crippen molar-refractivity contribution in [1.82, 2.24) is 0 Å². The van der Waals surface area contributed by atoms with Crippen LogP contribution in [0.5, 0.6) is 0 Å². The molecule has 86 valence electrons. The maximum Gasteiger partial charge on any atom is 0.306 e. The van der Waals surface area contributed by atoms with Gasteiger partial charge in [-0.15, -0.1) is 0 Å². The standard InChI is InChI=1S/C13H17NO2/c1-8-4-3-5-9(2)12(8)14-11-6-10(7-11)13(15)16/h3-5,10-11,14H,6-7H2,1-2H3,(H,15,16). The van der Waals surface area contributed by atoms with Gasteiger partial charge in [0.25, 0.3) is 0 Å². The van der Waals surface area contributed by atoms with Gasteiger partial charge in [0.05, 0.1) is 5.92 Å². The molecule has 16 heavy (non-hydrogen) atoms. The van der Waals surface area contributed by atoms with Crippen molar-refractivity contribution < 1.29 is 9.90 Å². The van der Waals surface area contributed by atoms with Gasteiger partial charge >= 0.3 is 5.97 Å². The van der Waals surface area contributed by atoms with E-state index in [1.807, 2.05) is 6.07 Å². The van der Waals surface area contributed by atoms with Gasteiger partial charge in [0.15, 0.2) is 0 Å². The third-order valence-electron chi connectivity index (χ3n) is 3.32. The summed E-state index contributed by atoms with van der Waals surface area (Å²) < 4.78 is 0. The molecule has 1 aliphatic carbocycles. The highest BCUT2D eigenvalue weighted by Gasteiger charge is 2.34. The zero-order valence-corrected chi connectivity index (χ0v) is 9.66. The van der Waals surface area contributed by atoms with Gasteiger partial charge in [-0.2, -0.15) is 0 Å². The van der Waals surface area contributed by atoms with Crippen LogP contribution in [0.25, 0.3) is 0 Å². The number of carbonyl (C=O) groups is 1. The first kappa shape index (κ1) is 11.0. The highest BCUT2D eigenvalue weighted by atomic mass is 16.4. The SMILES string of the molecule is Cc1cccc(C)c1NC1CC(C(=O)O)C1. The molecule has 1 aromatic carbocycles. The van der Waals surface area contributed by atoms with Crippen LogP contribution in [0.3, 0.4) is 0 Å². The second kappa shape index (κ2) is 4.16. The molecule has 1 fully saturated rings. The monoisotopic (exact) mass is 219 g/mol. The summed E-state index contributed by atoms with van der Waals surface area (Å²) in [5.41, 5.74) is 3.61. The molecule has 0 atom stereocenters. The first-order valence-corrected chi connectivity index (χ1v) is 5.63. The fraction of sp³-hybridized carbons (Fsp3) is 0.462. The van der Waals surface area contributed by atoms with Gasteiger partial charge in [0.2, 0.25) is 0 Å². The molecule has 0 aliphatic heterocycles. The second-order valence-electron chi connectivity index (χ2n) is 4.61. The smallest absolute Gasteiger partial charge is 0.306 e. The van der Waals surface area contributed by atoms with Crippen molar-refractivity contribution in [3.8, 4) is 0 Å². The molecular formula is C13H17NO2. The molecule has 2 N–H and O–H groups in total. The van der Waals surface area contributed by atoms with Crippen LogP contribution in [0.4, 0.5) is 5.69 Å². The highest BCUT2D eigenvalue weighted by Crippen LogP contribution is 2.32. The van der Waals surface area contributed by atoms with E-state index in [0.29, 0.717) is 6.04 Å². The van der Waals surface area contributed by atoms with Crippen LogP contribution in [-0.4, -0.2) is 17.1 Å². The van der Waals surface area contributed by atoms with Crippen molar-refractivity contribution in [2.45, 2.75) is 32.7 Å². The van der Waals surface area contributed by atoms with E-state index >= 15 is 0 Å². The number of aliphatic carboxylic acids is 1. The fourth-order valence-corrected chi connectivity index (χ4v) is 2.18. The maximum atomic E-state index is 10.7. The third-order valence-corrected chi connectivity index (χ3v) is 3.32. The van der Waals surface area contributed by atoms with E-state index < -0.39 is 5.97 Å². The topological polar surface area (TPSA) is 49.3 Å². The lowest BCUT2D eigenvalue weighted by Crippen LogP contribution is -2.39. The van der Waals surface area contributed by atoms with Crippen LogP contribution in [0.2, 0.25) is 0 Å². The molecule has 0 amide bonds. The lowest BCUT2D eigenvalue weighted by molar-refractivity contribution is -0.144. The minimum absolute atomic E-state index is 0.151. The molecule has 0 heterocycles. The Kier molecular flexibility index (Phi) is 2.86. The van der Waals surface area contributed by atoms with E-state index in [4.69, 9.17) is 5.11 Å². The predicted octanol–water partition coefficient (Wildman–Crippen LogP) is 2.58. The Morgan fingerprint density at radius 3 is 2.38 bits per heavy atom. The van der Waals surface area contributed by atoms with E-state index in [-0.39, 0.29) is 5.92 Å².